The summed E-state index contributed by atoms with van der Waals surface area (Å²) in [5.41, 5.74) is 3.84. The Hall–Kier alpha value is -2.07. The van der Waals surface area contributed by atoms with Crippen LogP contribution in [0.1, 0.15) is 24.5 Å². The zero-order chi connectivity index (χ0) is 15.3. The molecule has 0 saturated carbocycles. The van der Waals surface area contributed by atoms with Crippen molar-refractivity contribution in [2.75, 3.05) is 11.9 Å². The summed E-state index contributed by atoms with van der Waals surface area (Å²) in [6, 6.07) is 4.64. The molecule has 0 aliphatic carbocycles. The average Bonchev–Trinajstić information content (AvgIpc) is 2.37. The SMILES string of the molecule is CC(CN)CC(=O)Nc1ccc(C#N)cc1C(F)(F)F. The molecule has 3 N–H and O–H groups in total. The Bertz CT molecular complexity index is 535. The summed E-state index contributed by atoms with van der Waals surface area (Å²) in [4.78, 5) is 11.6. The quantitative estimate of drug-likeness (QED) is 0.892. The summed E-state index contributed by atoms with van der Waals surface area (Å²) in [5, 5.41) is 10.8. The lowest BCUT2D eigenvalue weighted by atomic mass is 10.1. The van der Waals surface area contributed by atoms with E-state index in [4.69, 9.17) is 11.0 Å². The molecule has 0 spiro atoms. The number of nitriles is 1. The van der Waals surface area contributed by atoms with Crippen molar-refractivity contribution in [3.05, 3.63) is 29.3 Å². The molecule has 1 amide bonds. The predicted octanol–water partition coefficient (Wildman–Crippen LogP) is 2.50. The Morgan fingerprint density at radius 1 is 1.50 bits per heavy atom. The number of anilines is 1. The Morgan fingerprint density at radius 3 is 2.65 bits per heavy atom. The lowest BCUT2D eigenvalue weighted by Crippen LogP contribution is -2.21. The van der Waals surface area contributed by atoms with Crippen LogP contribution in [0.5, 0.6) is 0 Å². The van der Waals surface area contributed by atoms with Crippen LogP contribution in [0.15, 0.2) is 18.2 Å². The first-order valence-electron chi connectivity index (χ1n) is 5.89. The minimum Gasteiger partial charge on any atom is -0.330 e. The minimum absolute atomic E-state index is 0.0355. The molecule has 0 aliphatic heterocycles. The molecular formula is C13H14F3N3O. The van der Waals surface area contributed by atoms with Crippen molar-refractivity contribution < 1.29 is 18.0 Å². The third kappa shape index (κ3) is 4.24. The van der Waals surface area contributed by atoms with Gasteiger partial charge in [-0.1, -0.05) is 6.92 Å². The molecule has 0 radical (unpaired) electrons. The van der Waals surface area contributed by atoms with Gasteiger partial charge in [-0.3, -0.25) is 4.79 Å². The summed E-state index contributed by atoms with van der Waals surface area (Å²) in [5.74, 6) is -0.666. The van der Waals surface area contributed by atoms with E-state index in [-0.39, 0.29) is 30.1 Å². The maximum Gasteiger partial charge on any atom is 0.418 e. The molecule has 1 aromatic rings. The highest BCUT2D eigenvalue weighted by molar-refractivity contribution is 5.91. The van der Waals surface area contributed by atoms with Gasteiger partial charge in [0.15, 0.2) is 0 Å². The molecule has 0 bridgehead atoms. The van der Waals surface area contributed by atoms with Gasteiger partial charge in [0.2, 0.25) is 5.91 Å². The van der Waals surface area contributed by atoms with Crippen LogP contribution in [0.4, 0.5) is 18.9 Å². The number of carbonyl (C=O) groups is 1. The molecular weight excluding hydrogens is 271 g/mol. The van der Waals surface area contributed by atoms with Crippen molar-refractivity contribution in [1.82, 2.24) is 0 Å². The lowest BCUT2D eigenvalue weighted by molar-refractivity contribution is -0.137. The number of benzene rings is 1. The number of rotatable bonds is 4. The van der Waals surface area contributed by atoms with E-state index in [0.29, 0.717) is 6.07 Å². The van der Waals surface area contributed by atoms with Crippen LogP contribution < -0.4 is 11.1 Å². The predicted molar refractivity (Wildman–Crippen MR) is 67.6 cm³/mol. The van der Waals surface area contributed by atoms with Gasteiger partial charge < -0.3 is 11.1 Å². The number of carbonyl (C=O) groups excluding carboxylic acids is 1. The highest BCUT2D eigenvalue weighted by Crippen LogP contribution is 2.35. The van der Waals surface area contributed by atoms with E-state index in [2.05, 4.69) is 5.32 Å². The summed E-state index contributed by atoms with van der Waals surface area (Å²) in [6.45, 7) is 2.00. The molecule has 0 saturated heterocycles. The van der Waals surface area contributed by atoms with Gasteiger partial charge in [0.1, 0.15) is 0 Å². The van der Waals surface area contributed by atoms with Crippen molar-refractivity contribution in [2.24, 2.45) is 11.7 Å². The maximum absolute atomic E-state index is 12.9. The fraction of sp³-hybridized carbons (Fsp3) is 0.385. The molecule has 7 heteroatoms. The van der Waals surface area contributed by atoms with Crippen molar-refractivity contribution >= 4 is 11.6 Å². The number of nitrogens with zero attached hydrogens (tertiary/aromatic N) is 1. The Morgan fingerprint density at radius 2 is 2.15 bits per heavy atom. The number of amides is 1. The van der Waals surface area contributed by atoms with Crippen LogP contribution in [0.2, 0.25) is 0 Å². The molecule has 1 rings (SSSR count). The van der Waals surface area contributed by atoms with Gasteiger partial charge in [0, 0.05) is 6.42 Å². The standard InChI is InChI=1S/C13H14F3N3O/c1-8(6-17)4-12(20)19-11-3-2-9(7-18)5-10(11)13(14,15)16/h2-3,5,8H,4,6,17H2,1H3,(H,19,20). The van der Waals surface area contributed by atoms with Crippen LogP contribution in [-0.2, 0) is 11.0 Å². The maximum atomic E-state index is 12.9. The number of halogens is 3. The zero-order valence-corrected chi connectivity index (χ0v) is 10.8. The highest BCUT2D eigenvalue weighted by Gasteiger charge is 2.34. The zero-order valence-electron chi connectivity index (χ0n) is 10.8. The van der Waals surface area contributed by atoms with Crippen LogP contribution in [-0.4, -0.2) is 12.5 Å². The summed E-state index contributed by atoms with van der Waals surface area (Å²) in [6.07, 6.45) is -4.61. The Labute approximate surface area is 114 Å². The number of hydrogen-bond donors (Lipinski definition) is 2. The molecule has 1 atom stereocenters. The van der Waals surface area contributed by atoms with E-state index in [9.17, 15) is 18.0 Å². The van der Waals surface area contributed by atoms with Crippen molar-refractivity contribution in [1.29, 1.82) is 5.26 Å². The van der Waals surface area contributed by atoms with Crippen molar-refractivity contribution in [2.45, 2.75) is 19.5 Å². The van der Waals surface area contributed by atoms with Gasteiger partial charge in [-0.25, -0.2) is 0 Å². The second-order valence-corrected chi connectivity index (χ2v) is 4.46. The Balaban J connectivity index is 3.01. The first-order valence-corrected chi connectivity index (χ1v) is 5.89. The molecule has 0 aromatic heterocycles. The smallest absolute Gasteiger partial charge is 0.330 e. The van der Waals surface area contributed by atoms with Crippen molar-refractivity contribution in [3.63, 3.8) is 0 Å². The van der Waals surface area contributed by atoms with Gasteiger partial charge in [-0.2, -0.15) is 18.4 Å². The molecule has 1 aromatic carbocycles. The van der Waals surface area contributed by atoms with Crippen molar-refractivity contribution in [3.8, 4) is 6.07 Å². The van der Waals surface area contributed by atoms with Crippen LogP contribution in [0.3, 0.4) is 0 Å². The molecule has 0 aliphatic rings. The van der Waals surface area contributed by atoms with E-state index in [0.717, 1.165) is 6.07 Å². The largest absolute Gasteiger partial charge is 0.418 e. The lowest BCUT2D eigenvalue weighted by Gasteiger charge is -2.15. The number of nitrogens with two attached hydrogens (primary N) is 1. The molecule has 0 heterocycles. The van der Waals surface area contributed by atoms with Gasteiger partial charge >= 0.3 is 6.18 Å². The summed E-state index contributed by atoms with van der Waals surface area (Å²) >= 11 is 0. The monoisotopic (exact) mass is 285 g/mol. The van der Waals surface area contributed by atoms with E-state index >= 15 is 0 Å². The molecule has 1 unspecified atom stereocenters. The van der Waals surface area contributed by atoms with Crippen LogP contribution >= 0.6 is 0 Å². The summed E-state index contributed by atoms with van der Waals surface area (Å²) < 4.78 is 38.6. The normalized spacial score (nSPS) is 12.6. The van der Waals surface area contributed by atoms with E-state index in [1.165, 1.54) is 6.07 Å². The topological polar surface area (TPSA) is 78.9 Å². The molecule has 0 fully saturated rings. The second-order valence-electron chi connectivity index (χ2n) is 4.46. The number of hydrogen-bond acceptors (Lipinski definition) is 3. The first-order chi connectivity index (χ1) is 9.27. The highest BCUT2D eigenvalue weighted by atomic mass is 19.4. The average molecular weight is 285 g/mol. The second kappa shape index (κ2) is 6.39. The van der Waals surface area contributed by atoms with Crippen LogP contribution in [0.25, 0.3) is 0 Å². The Kier molecular flexibility index (Phi) is 5.11. The minimum atomic E-state index is -4.64. The number of alkyl halides is 3. The molecule has 20 heavy (non-hydrogen) atoms. The third-order valence-corrected chi connectivity index (χ3v) is 2.66. The molecule has 108 valence electrons. The fourth-order valence-electron chi connectivity index (χ4n) is 1.56. The fourth-order valence-corrected chi connectivity index (χ4v) is 1.56. The van der Waals surface area contributed by atoms with Gasteiger partial charge in [0.25, 0.3) is 0 Å². The van der Waals surface area contributed by atoms with Gasteiger partial charge in [0.05, 0.1) is 22.9 Å². The molecule has 4 nitrogen and oxygen atoms in total. The van der Waals surface area contributed by atoms with E-state index in [1.807, 2.05) is 0 Å². The third-order valence-electron chi connectivity index (χ3n) is 2.66. The van der Waals surface area contributed by atoms with Crippen LogP contribution in [0, 0.1) is 17.2 Å². The van der Waals surface area contributed by atoms with Gasteiger partial charge in [-0.15, -0.1) is 0 Å². The van der Waals surface area contributed by atoms with E-state index < -0.39 is 17.6 Å². The first kappa shape index (κ1) is 16.0. The van der Waals surface area contributed by atoms with E-state index in [1.54, 1.807) is 13.0 Å². The van der Waals surface area contributed by atoms with Gasteiger partial charge in [-0.05, 0) is 30.7 Å². The summed E-state index contributed by atoms with van der Waals surface area (Å²) in [7, 11) is 0. The number of nitrogens with one attached hydrogen (secondary N) is 1.